The zero-order valence-corrected chi connectivity index (χ0v) is 38.3. The molecule has 4 heterocycles. The first kappa shape index (κ1) is 50.0. The molecular formula is C44H58O13S4. The third-order valence-corrected chi connectivity index (χ3v) is 13.5. The van der Waals surface area contributed by atoms with E-state index in [0.717, 1.165) is 23.0 Å². The van der Waals surface area contributed by atoms with Crippen molar-refractivity contribution in [2.75, 3.05) is 62.7 Å². The lowest BCUT2D eigenvalue weighted by molar-refractivity contribution is -0.163. The lowest BCUT2D eigenvalue weighted by atomic mass is 9.86. The maximum atomic E-state index is 12.9. The number of carbonyl (C=O) groups excluding carboxylic acids is 4. The van der Waals surface area contributed by atoms with Gasteiger partial charge in [0.15, 0.2) is 0 Å². The summed E-state index contributed by atoms with van der Waals surface area (Å²) in [6, 6.07) is 14.8. The van der Waals surface area contributed by atoms with Gasteiger partial charge in [-0.3, -0.25) is 19.2 Å². The fraction of sp³-hybridized carbons (Fsp3) is 0.545. The van der Waals surface area contributed by atoms with Crippen LogP contribution in [-0.2, 0) is 65.9 Å². The van der Waals surface area contributed by atoms with Gasteiger partial charge in [-0.05, 0) is 61.4 Å². The molecule has 4 aromatic rings. The van der Waals surface area contributed by atoms with Gasteiger partial charge in [-0.1, -0.05) is 13.8 Å². The smallest absolute Gasteiger partial charge is 0.306 e. The summed E-state index contributed by atoms with van der Waals surface area (Å²) in [4.78, 5) is 51.7. The maximum absolute atomic E-state index is 12.9. The molecule has 4 aromatic heterocycles. The molecule has 0 saturated heterocycles. The molecule has 0 aliphatic rings. The third-order valence-electron chi connectivity index (χ3n) is 9.57. The number of ether oxygens (including phenoxy) is 5. The van der Waals surface area contributed by atoms with Gasteiger partial charge in [0.2, 0.25) is 0 Å². The van der Waals surface area contributed by atoms with Crippen molar-refractivity contribution in [2.45, 2.75) is 75.4 Å². The summed E-state index contributed by atoms with van der Waals surface area (Å²) in [7, 11) is 0. The van der Waals surface area contributed by atoms with Crippen molar-refractivity contribution < 1.29 is 60.5 Å². The van der Waals surface area contributed by atoms with E-state index >= 15 is 0 Å². The Morgan fingerprint density at radius 2 is 0.705 bits per heavy atom. The highest BCUT2D eigenvalue weighted by Crippen LogP contribution is 2.30. The van der Waals surface area contributed by atoms with Gasteiger partial charge in [0.1, 0.15) is 49.5 Å². The van der Waals surface area contributed by atoms with E-state index < -0.39 is 10.8 Å². The quantitative estimate of drug-likeness (QED) is 0.0247. The summed E-state index contributed by atoms with van der Waals surface area (Å²) in [5, 5.41) is 0. The summed E-state index contributed by atoms with van der Waals surface area (Å²) in [5.41, 5.74) is -1.76. The van der Waals surface area contributed by atoms with Crippen molar-refractivity contribution in [3.8, 4) is 0 Å². The van der Waals surface area contributed by atoms with E-state index in [2.05, 4.69) is 0 Å². The summed E-state index contributed by atoms with van der Waals surface area (Å²) in [5.74, 6) is 6.54. The van der Waals surface area contributed by atoms with Crippen LogP contribution in [0.5, 0.6) is 0 Å². The van der Waals surface area contributed by atoms with Crippen LogP contribution < -0.4 is 0 Å². The molecule has 0 atom stereocenters. The van der Waals surface area contributed by atoms with Crippen molar-refractivity contribution in [3.63, 3.8) is 0 Å². The summed E-state index contributed by atoms with van der Waals surface area (Å²) in [6.45, 7) is 3.80. The van der Waals surface area contributed by atoms with E-state index in [1.54, 1.807) is 72.1 Å². The van der Waals surface area contributed by atoms with E-state index in [1.807, 2.05) is 62.4 Å². The molecule has 336 valence electrons. The highest BCUT2D eigenvalue weighted by molar-refractivity contribution is 7.99. The van der Waals surface area contributed by atoms with Crippen LogP contribution in [0.25, 0.3) is 0 Å². The number of hydrogen-bond donors (Lipinski definition) is 0. The first-order valence-electron chi connectivity index (χ1n) is 20.3. The standard InChI is InChI=1S/C44H58O13S4/c1-3-43(31-54-39(45)13-21-58-25-35-9-5-17-50-35,32-55-40(46)14-22-59-26-36-10-6-18-51-36)29-49-30-44(4-2,33-56-41(47)15-23-60-27-37-11-7-19-52-37)34-57-42(48)16-24-61-28-38-12-8-20-53-38/h5-12,17-20H,3-4,13-16,21-34H2,1-2H3. The Morgan fingerprint density at radius 3 is 0.918 bits per heavy atom. The third kappa shape index (κ3) is 20.4. The molecule has 17 heteroatoms. The van der Waals surface area contributed by atoms with Crippen LogP contribution in [0.2, 0.25) is 0 Å². The molecule has 0 saturated carbocycles. The van der Waals surface area contributed by atoms with Crippen LogP contribution in [-0.4, -0.2) is 86.5 Å². The summed E-state index contributed by atoms with van der Waals surface area (Å²) >= 11 is 6.26. The molecule has 13 nitrogen and oxygen atoms in total. The van der Waals surface area contributed by atoms with Crippen LogP contribution in [0, 0.1) is 10.8 Å². The largest absolute Gasteiger partial charge is 0.468 e. The highest BCUT2D eigenvalue weighted by atomic mass is 32.2. The Kier molecular flexibility index (Phi) is 23.7. The van der Waals surface area contributed by atoms with Gasteiger partial charge in [-0.2, -0.15) is 47.0 Å². The molecule has 0 spiro atoms. The molecule has 0 N–H and O–H groups in total. The van der Waals surface area contributed by atoms with Crippen LogP contribution in [0.1, 0.15) is 75.4 Å². The van der Waals surface area contributed by atoms with Crippen molar-refractivity contribution >= 4 is 70.9 Å². The van der Waals surface area contributed by atoms with Crippen LogP contribution in [0.3, 0.4) is 0 Å². The van der Waals surface area contributed by atoms with Crippen LogP contribution in [0.4, 0.5) is 0 Å². The second-order valence-corrected chi connectivity index (χ2v) is 18.8. The summed E-state index contributed by atoms with van der Waals surface area (Å²) < 4.78 is 51.1. The molecule has 4 rings (SSSR count). The Morgan fingerprint density at radius 1 is 0.443 bits per heavy atom. The minimum atomic E-state index is -0.878. The fourth-order valence-corrected chi connectivity index (χ4v) is 8.74. The molecule has 0 radical (unpaired) electrons. The van der Waals surface area contributed by atoms with Gasteiger partial charge in [0.25, 0.3) is 0 Å². The minimum absolute atomic E-state index is 0.0415. The fourth-order valence-electron chi connectivity index (χ4n) is 5.46. The number of thioether (sulfide) groups is 4. The van der Waals surface area contributed by atoms with Crippen LogP contribution >= 0.6 is 47.0 Å². The highest BCUT2D eigenvalue weighted by Gasteiger charge is 2.37. The molecule has 0 aliphatic carbocycles. The molecule has 0 aliphatic heterocycles. The van der Waals surface area contributed by atoms with E-state index in [0.29, 0.717) is 58.9 Å². The topological polar surface area (TPSA) is 167 Å². The van der Waals surface area contributed by atoms with Crippen molar-refractivity contribution in [1.82, 2.24) is 0 Å². The predicted molar refractivity (Wildman–Crippen MR) is 238 cm³/mol. The molecule has 0 bridgehead atoms. The first-order valence-corrected chi connectivity index (χ1v) is 24.9. The maximum Gasteiger partial charge on any atom is 0.306 e. The van der Waals surface area contributed by atoms with E-state index in [9.17, 15) is 19.2 Å². The first-order chi connectivity index (χ1) is 29.7. The number of furan rings is 4. The van der Waals surface area contributed by atoms with E-state index in [-0.39, 0.29) is 89.2 Å². The van der Waals surface area contributed by atoms with Gasteiger partial charge < -0.3 is 41.4 Å². The molecule has 0 fully saturated rings. The second kappa shape index (κ2) is 28.9. The molecule has 0 unspecified atom stereocenters. The monoisotopic (exact) mass is 922 g/mol. The van der Waals surface area contributed by atoms with Gasteiger partial charge in [0, 0.05) is 23.0 Å². The van der Waals surface area contributed by atoms with E-state index in [4.69, 9.17) is 41.4 Å². The lowest BCUT2D eigenvalue weighted by Crippen LogP contribution is -2.42. The summed E-state index contributed by atoms with van der Waals surface area (Å²) in [6.07, 6.45) is 8.15. The van der Waals surface area contributed by atoms with Gasteiger partial charge >= 0.3 is 23.9 Å². The Bertz CT molecular complexity index is 1510. The Hall–Kier alpha value is -3.64. The Labute approximate surface area is 375 Å². The Balaban J connectivity index is 1.34. The number of carbonyl (C=O) groups is 4. The number of esters is 4. The zero-order chi connectivity index (χ0) is 43.4. The normalized spacial score (nSPS) is 11.7. The van der Waals surface area contributed by atoms with Gasteiger partial charge in [-0.25, -0.2) is 0 Å². The second-order valence-electron chi connectivity index (χ2n) is 14.4. The van der Waals surface area contributed by atoms with Gasteiger partial charge in [-0.15, -0.1) is 0 Å². The van der Waals surface area contributed by atoms with Crippen molar-refractivity contribution in [1.29, 1.82) is 0 Å². The predicted octanol–water partition coefficient (Wildman–Crippen LogP) is 9.63. The molecule has 61 heavy (non-hydrogen) atoms. The minimum Gasteiger partial charge on any atom is -0.468 e. The molecule has 0 aromatic carbocycles. The van der Waals surface area contributed by atoms with Crippen LogP contribution in [0.15, 0.2) is 91.3 Å². The zero-order valence-electron chi connectivity index (χ0n) is 35.0. The van der Waals surface area contributed by atoms with Crippen molar-refractivity contribution in [2.24, 2.45) is 10.8 Å². The van der Waals surface area contributed by atoms with E-state index in [1.165, 1.54) is 0 Å². The average Bonchev–Trinajstić information content (AvgIpc) is 4.13. The lowest BCUT2D eigenvalue weighted by Gasteiger charge is -2.35. The molecule has 0 amide bonds. The molecular weight excluding hydrogens is 865 g/mol. The number of rotatable bonds is 34. The van der Waals surface area contributed by atoms with Gasteiger partial charge in [0.05, 0.1) is 97.8 Å². The van der Waals surface area contributed by atoms with Crippen molar-refractivity contribution in [3.05, 3.63) is 96.6 Å². The SMILES string of the molecule is CCC(COCC(CC)(COC(=O)CCSCc1ccco1)COC(=O)CCSCc1ccco1)(COC(=O)CCSCc1ccco1)COC(=O)CCSCc1ccco1. The number of hydrogen-bond acceptors (Lipinski definition) is 17. The average molecular weight is 923 g/mol.